The third-order valence-electron chi connectivity index (χ3n) is 1.20. The average Bonchev–Trinajstić information content (AvgIpc) is 2.59. The van der Waals surface area contributed by atoms with Gasteiger partial charge in [-0.15, -0.1) is 11.3 Å². The summed E-state index contributed by atoms with van der Waals surface area (Å²) in [7, 11) is 0. The molecule has 50 valence electrons. The van der Waals surface area contributed by atoms with E-state index in [9.17, 15) is 0 Å². The number of nitrogens with zero attached hydrogens (tertiary/aromatic N) is 2. The number of nitrogens with one attached hydrogen (secondary N) is 1. The maximum atomic E-state index is 3.95. The minimum Gasteiger partial charge on any atom is -0.277 e. The van der Waals surface area contributed by atoms with Gasteiger partial charge in [0, 0.05) is 12.4 Å². The lowest BCUT2D eigenvalue weighted by Gasteiger charge is -1.83. The Bertz CT molecular complexity index is 252. The van der Waals surface area contributed by atoms with Crippen LogP contribution in [0.3, 0.4) is 0 Å². The number of aromatic amines is 1. The molecule has 0 saturated heterocycles. The molecule has 0 amide bonds. The Hall–Kier alpha value is -1.16. The molecule has 0 atom stereocenters. The first-order chi connectivity index (χ1) is 4.97. The fourth-order valence-corrected chi connectivity index (χ4v) is 1.34. The third-order valence-corrected chi connectivity index (χ3v) is 2.00. The standard InChI is InChI=1S/C6H5N3S/c1-2-8-9-5(1)6-3-7-4-10-6/h1-4H,(H,8,9). The molecule has 2 rings (SSSR count). The molecule has 0 aromatic carbocycles. The van der Waals surface area contributed by atoms with Gasteiger partial charge in [-0.3, -0.25) is 10.1 Å². The second kappa shape index (κ2) is 2.22. The highest BCUT2D eigenvalue weighted by molar-refractivity contribution is 7.13. The zero-order valence-corrected chi connectivity index (χ0v) is 5.93. The summed E-state index contributed by atoms with van der Waals surface area (Å²) in [6.45, 7) is 0. The number of H-pyrrole nitrogens is 1. The Kier molecular flexibility index (Phi) is 1.25. The van der Waals surface area contributed by atoms with Crippen LogP contribution in [0.2, 0.25) is 0 Å². The van der Waals surface area contributed by atoms with Gasteiger partial charge in [-0.2, -0.15) is 5.10 Å². The fourth-order valence-electron chi connectivity index (χ4n) is 0.742. The van der Waals surface area contributed by atoms with Crippen molar-refractivity contribution >= 4 is 11.3 Å². The first-order valence-electron chi connectivity index (χ1n) is 2.85. The van der Waals surface area contributed by atoms with Crippen LogP contribution in [0.15, 0.2) is 24.0 Å². The van der Waals surface area contributed by atoms with Gasteiger partial charge in [0.2, 0.25) is 0 Å². The van der Waals surface area contributed by atoms with E-state index in [2.05, 4.69) is 15.2 Å². The monoisotopic (exact) mass is 151 g/mol. The van der Waals surface area contributed by atoms with E-state index >= 15 is 0 Å². The van der Waals surface area contributed by atoms with Gasteiger partial charge in [0.1, 0.15) is 0 Å². The van der Waals surface area contributed by atoms with Gasteiger partial charge in [0.25, 0.3) is 0 Å². The van der Waals surface area contributed by atoms with E-state index in [1.165, 1.54) is 0 Å². The van der Waals surface area contributed by atoms with Gasteiger partial charge in [0.05, 0.1) is 16.1 Å². The summed E-state index contributed by atoms with van der Waals surface area (Å²) in [5, 5.41) is 6.69. The van der Waals surface area contributed by atoms with Gasteiger partial charge in [0.15, 0.2) is 0 Å². The fraction of sp³-hybridized carbons (Fsp3) is 0. The molecule has 0 radical (unpaired) electrons. The Morgan fingerprint density at radius 1 is 1.50 bits per heavy atom. The molecular formula is C6H5N3S. The van der Waals surface area contributed by atoms with E-state index in [4.69, 9.17) is 0 Å². The molecule has 0 aliphatic heterocycles. The number of rotatable bonds is 1. The number of thiazole rings is 1. The minimum atomic E-state index is 1.03. The van der Waals surface area contributed by atoms with Gasteiger partial charge < -0.3 is 0 Å². The van der Waals surface area contributed by atoms with Crippen molar-refractivity contribution in [3.05, 3.63) is 24.0 Å². The normalized spacial score (nSPS) is 10.0. The summed E-state index contributed by atoms with van der Waals surface area (Å²) in [6, 6.07) is 1.92. The average molecular weight is 151 g/mol. The quantitative estimate of drug-likeness (QED) is 0.671. The van der Waals surface area contributed by atoms with Gasteiger partial charge >= 0.3 is 0 Å². The molecule has 4 heteroatoms. The largest absolute Gasteiger partial charge is 0.277 e. The minimum absolute atomic E-state index is 1.03. The smallest absolute Gasteiger partial charge is 0.0798 e. The predicted molar refractivity (Wildman–Crippen MR) is 39.7 cm³/mol. The highest BCUT2D eigenvalue weighted by atomic mass is 32.1. The molecule has 10 heavy (non-hydrogen) atoms. The van der Waals surface area contributed by atoms with Crippen molar-refractivity contribution in [2.45, 2.75) is 0 Å². The van der Waals surface area contributed by atoms with Crippen LogP contribution in [0.1, 0.15) is 0 Å². The summed E-state index contributed by atoms with van der Waals surface area (Å²) in [5.74, 6) is 0. The predicted octanol–water partition coefficient (Wildman–Crippen LogP) is 1.53. The summed E-state index contributed by atoms with van der Waals surface area (Å²) in [6.07, 6.45) is 3.55. The van der Waals surface area contributed by atoms with E-state index < -0.39 is 0 Å². The molecule has 2 aromatic rings. The Balaban J connectivity index is 2.48. The number of aromatic nitrogens is 3. The SMILES string of the molecule is c1cc(-c2cncs2)[nH]n1. The van der Waals surface area contributed by atoms with E-state index in [1.54, 1.807) is 23.0 Å². The van der Waals surface area contributed by atoms with Crippen LogP contribution in [0.4, 0.5) is 0 Å². The Morgan fingerprint density at radius 3 is 3.10 bits per heavy atom. The van der Waals surface area contributed by atoms with Crippen LogP contribution in [-0.4, -0.2) is 15.2 Å². The van der Waals surface area contributed by atoms with Crippen molar-refractivity contribution in [2.24, 2.45) is 0 Å². The molecule has 2 aromatic heterocycles. The van der Waals surface area contributed by atoms with Crippen molar-refractivity contribution in [1.29, 1.82) is 0 Å². The lowest BCUT2D eigenvalue weighted by atomic mass is 10.4. The molecule has 2 heterocycles. The first kappa shape index (κ1) is 5.61. The highest BCUT2D eigenvalue weighted by Crippen LogP contribution is 2.19. The first-order valence-corrected chi connectivity index (χ1v) is 3.73. The van der Waals surface area contributed by atoms with Crippen molar-refractivity contribution in [1.82, 2.24) is 15.2 Å². The number of hydrogen-bond donors (Lipinski definition) is 1. The van der Waals surface area contributed by atoms with Crippen LogP contribution in [0.25, 0.3) is 10.6 Å². The van der Waals surface area contributed by atoms with Crippen LogP contribution >= 0.6 is 11.3 Å². The van der Waals surface area contributed by atoms with Crippen molar-refractivity contribution in [2.75, 3.05) is 0 Å². The molecule has 0 aliphatic carbocycles. The molecule has 0 fully saturated rings. The second-order valence-electron chi connectivity index (χ2n) is 1.84. The van der Waals surface area contributed by atoms with Crippen LogP contribution in [0, 0.1) is 0 Å². The zero-order valence-electron chi connectivity index (χ0n) is 5.11. The lowest BCUT2D eigenvalue weighted by Crippen LogP contribution is -1.69. The topological polar surface area (TPSA) is 41.6 Å². The van der Waals surface area contributed by atoms with E-state index in [0.29, 0.717) is 0 Å². The molecule has 0 saturated carbocycles. The summed E-state index contributed by atoms with van der Waals surface area (Å²) in [5.41, 5.74) is 2.83. The molecule has 0 spiro atoms. The van der Waals surface area contributed by atoms with Crippen molar-refractivity contribution in [3.8, 4) is 10.6 Å². The molecule has 0 unspecified atom stereocenters. The van der Waals surface area contributed by atoms with E-state index in [-0.39, 0.29) is 0 Å². The molecule has 1 N–H and O–H groups in total. The molecule has 0 aliphatic rings. The maximum Gasteiger partial charge on any atom is 0.0798 e. The zero-order chi connectivity index (χ0) is 6.81. The Morgan fingerprint density at radius 2 is 2.50 bits per heavy atom. The second-order valence-corrected chi connectivity index (χ2v) is 2.72. The van der Waals surface area contributed by atoms with Gasteiger partial charge in [-0.25, -0.2) is 0 Å². The highest BCUT2D eigenvalue weighted by Gasteiger charge is 1.97. The van der Waals surface area contributed by atoms with Crippen LogP contribution < -0.4 is 0 Å². The van der Waals surface area contributed by atoms with Crippen LogP contribution in [-0.2, 0) is 0 Å². The molecule has 0 bridgehead atoms. The van der Waals surface area contributed by atoms with Crippen LogP contribution in [0.5, 0.6) is 0 Å². The Labute approximate surface area is 61.7 Å². The van der Waals surface area contributed by atoms with Crippen molar-refractivity contribution < 1.29 is 0 Å². The third kappa shape index (κ3) is 0.823. The van der Waals surface area contributed by atoms with Gasteiger partial charge in [-0.05, 0) is 6.07 Å². The van der Waals surface area contributed by atoms with E-state index in [0.717, 1.165) is 10.6 Å². The lowest BCUT2D eigenvalue weighted by molar-refractivity contribution is 1.10. The van der Waals surface area contributed by atoms with E-state index in [1.807, 2.05) is 12.3 Å². The van der Waals surface area contributed by atoms with Gasteiger partial charge in [-0.1, -0.05) is 0 Å². The summed E-state index contributed by atoms with van der Waals surface area (Å²) >= 11 is 1.60. The molecule has 3 nitrogen and oxygen atoms in total. The number of hydrogen-bond acceptors (Lipinski definition) is 3. The molecular weight excluding hydrogens is 146 g/mol. The summed E-state index contributed by atoms with van der Waals surface area (Å²) in [4.78, 5) is 5.07. The summed E-state index contributed by atoms with van der Waals surface area (Å²) < 4.78 is 0. The van der Waals surface area contributed by atoms with Crippen molar-refractivity contribution in [3.63, 3.8) is 0 Å². The maximum absolute atomic E-state index is 3.95.